The molecule has 1 aromatic rings. The molecule has 0 saturated heterocycles. The van der Waals surface area contributed by atoms with Crippen molar-refractivity contribution in [3.63, 3.8) is 0 Å². The third kappa shape index (κ3) is 2.59. The summed E-state index contributed by atoms with van der Waals surface area (Å²) in [4.78, 5) is 0. The average molecular weight is 186 g/mol. The molecule has 0 nitrogen and oxygen atoms in total. The SMILES string of the molecule is C=CC(C)CC(=C)c1ccccc1C. The number of benzene rings is 1. The van der Waals surface area contributed by atoms with Crippen molar-refractivity contribution in [3.8, 4) is 0 Å². The van der Waals surface area contributed by atoms with E-state index in [0.717, 1.165) is 6.42 Å². The number of hydrogen-bond donors (Lipinski definition) is 0. The summed E-state index contributed by atoms with van der Waals surface area (Å²) in [6.07, 6.45) is 2.97. The quantitative estimate of drug-likeness (QED) is 0.617. The lowest BCUT2D eigenvalue weighted by Gasteiger charge is -2.11. The van der Waals surface area contributed by atoms with Gasteiger partial charge in [-0.3, -0.25) is 0 Å². The van der Waals surface area contributed by atoms with Crippen LogP contribution in [-0.2, 0) is 0 Å². The van der Waals surface area contributed by atoms with Gasteiger partial charge in [-0.05, 0) is 36.0 Å². The van der Waals surface area contributed by atoms with E-state index in [1.807, 2.05) is 6.08 Å². The minimum Gasteiger partial charge on any atom is -0.103 e. The second-order valence-electron chi connectivity index (χ2n) is 3.84. The van der Waals surface area contributed by atoms with Gasteiger partial charge < -0.3 is 0 Å². The molecule has 1 aromatic carbocycles. The van der Waals surface area contributed by atoms with Gasteiger partial charge in [0.1, 0.15) is 0 Å². The summed E-state index contributed by atoms with van der Waals surface area (Å²) in [5.41, 5.74) is 3.78. The van der Waals surface area contributed by atoms with Gasteiger partial charge in [-0.1, -0.05) is 43.8 Å². The lowest BCUT2D eigenvalue weighted by molar-refractivity contribution is 0.758. The maximum Gasteiger partial charge on any atom is -0.0201 e. The van der Waals surface area contributed by atoms with Crippen LogP contribution in [0.15, 0.2) is 43.5 Å². The van der Waals surface area contributed by atoms with Crippen molar-refractivity contribution < 1.29 is 0 Å². The van der Waals surface area contributed by atoms with Gasteiger partial charge in [0.05, 0.1) is 0 Å². The highest BCUT2D eigenvalue weighted by molar-refractivity contribution is 5.66. The molecule has 14 heavy (non-hydrogen) atoms. The van der Waals surface area contributed by atoms with Gasteiger partial charge in [-0.25, -0.2) is 0 Å². The topological polar surface area (TPSA) is 0 Å². The first kappa shape index (κ1) is 10.8. The fourth-order valence-corrected chi connectivity index (χ4v) is 1.55. The molecular formula is C14H18. The summed E-state index contributed by atoms with van der Waals surface area (Å²) in [5, 5.41) is 0. The van der Waals surface area contributed by atoms with Gasteiger partial charge in [0.2, 0.25) is 0 Å². The van der Waals surface area contributed by atoms with E-state index in [1.54, 1.807) is 0 Å². The van der Waals surface area contributed by atoms with Crippen LogP contribution < -0.4 is 0 Å². The van der Waals surface area contributed by atoms with E-state index < -0.39 is 0 Å². The Labute approximate surface area is 87.0 Å². The summed E-state index contributed by atoms with van der Waals surface area (Å²) in [7, 11) is 0. The molecule has 74 valence electrons. The van der Waals surface area contributed by atoms with Crippen LogP contribution in [-0.4, -0.2) is 0 Å². The van der Waals surface area contributed by atoms with E-state index >= 15 is 0 Å². The average Bonchev–Trinajstić information content (AvgIpc) is 2.18. The van der Waals surface area contributed by atoms with Crippen LogP contribution in [0.2, 0.25) is 0 Å². The van der Waals surface area contributed by atoms with Gasteiger partial charge in [-0.2, -0.15) is 0 Å². The molecule has 0 heteroatoms. The van der Waals surface area contributed by atoms with E-state index in [9.17, 15) is 0 Å². The monoisotopic (exact) mass is 186 g/mol. The summed E-state index contributed by atoms with van der Waals surface area (Å²) in [5.74, 6) is 0.502. The predicted molar refractivity (Wildman–Crippen MR) is 64.2 cm³/mol. The maximum absolute atomic E-state index is 4.13. The van der Waals surface area contributed by atoms with E-state index in [4.69, 9.17) is 0 Å². The van der Waals surface area contributed by atoms with Gasteiger partial charge >= 0.3 is 0 Å². The van der Waals surface area contributed by atoms with Crippen LogP contribution in [0.4, 0.5) is 0 Å². The van der Waals surface area contributed by atoms with Gasteiger partial charge in [0.25, 0.3) is 0 Å². The van der Waals surface area contributed by atoms with Crippen LogP contribution in [0, 0.1) is 12.8 Å². The van der Waals surface area contributed by atoms with Crippen molar-refractivity contribution in [1.82, 2.24) is 0 Å². The highest BCUT2D eigenvalue weighted by atomic mass is 14.1. The number of aryl methyl sites for hydroxylation is 1. The Kier molecular flexibility index (Phi) is 3.70. The third-order valence-electron chi connectivity index (χ3n) is 2.50. The molecule has 0 fully saturated rings. The third-order valence-corrected chi connectivity index (χ3v) is 2.50. The van der Waals surface area contributed by atoms with E-state index in [1.165, 1.54) is 16.7 Å². The van der Waals surface area contributed by atoms with Crippen LogP contribution in [0.3, 0.4) is 0 Å². The Hall–Kier alpha value is -1.30. The first-order chi connectivity index (χ1) is 6.65. The molecule has 0 N–H and O–H groups in total. The zero-order valence-electron chi connectivity index (χ0n) is 9.09. The molecule has 0 amide bonds. The number of allylic oxidation sites excluding steroid dienone is 2. The first-order valence-electron chi connectivity index (χ1n) is 5.01. The molecular weight excluding hydrogens is 168 g/mol. The Morgan fingerprint density at radius 1 is 1.43 bits per heavy atom. The van der Waals surface area contributed by atoms with Crippen molar-refractivity contribution >= 4 is 5.57 Å². The second kappa shape index (κ2) is 4.80. The van der Waals surface area contributed by atoms with Gasteiger partial charge in [0.15, 0.2) is 0 Å². The largest absolute Gasteiger partial charge is 0.103 e. The molecule has 0 aromatic heterocycles. The molecule has 0 saturated carbocycles. The standard InChI is InChI=1S/C14H18/c1-5-11(2)10-13(4)14-9-7-6-8-12(14)3/h5-9,11H,1,4,10H2,2-3H3. The molecule has 0 spiro atoms. The van der Waals surface area contributed by atoms with Gasteiger partial charge in [0, 0.05) is 0 Å². The summed E-state index contributed by atoms with van der Waals surface area (Å²) >= 11 is 0. The molecule has 0 bridgehead atoms. The zero-order valence-corrected chi connectivity index (χ0v) is 9.09. The number of rotatable bonds is 4. The molecule has 0 aliphatic rings. The Bertz CT molecular complexity index is 334. The zero-order chi connectivity index (χ0) is 10.6. The predicted octanol–water partition coefficient (Wildman–Crippen LogP) is 4.22. The van der Waals surface area contributed by atoms with Crippen molar-refractivity contribution in [1.29, 1.82) is 0 Å². The van der Waals surface area contributed by atoms with Crippen molar-refractivity contribution in [2.75, 3.05) is 0 Å². The van der Waals surface area contributed by atoms with Crippen molar-refractivity contribution in [2.45, 2.75) is 20.3 Å². The molecule has 0 radical (unpaired) electrons. The Morgan fingerprint density at radius 2 is 2.07 bits per heavy atom. The normalized spacial score (nSPS) is 12.1. The lowest BCUT2D eigenvalue weighted by Crippen LogP contribution is -1.93. The molecule has 0 aliphatic carbocycles. The molecule has 0 aliphatic heterocycles. The minimum absolute atomic E-state index is 0.502. The van der Waals surface area contributed by atoms with E-state index in [2.05, 4.69) is 51.3 Å². The minimum atomic E-state index is 0.502. The fourth-order valence-electron chi connectivity index (χ4n) is 1.55. The van der Waals surface area contributed by atoms with Crippen LogP contribution >= 0.6 is 0 Å². The number of hydrogen-bond acceptors (Lipinski definition) is 0. The summed E-state index contributed by atoms with van der Waals surface area (Å²) in [6.45, 7) is 12.2. The Balaban J connectivity index is 2.80. The molecule has 0 heterocycles. The van der Waals surface area contributed by atoms with Crippen LogP contribution in [0.5, 0.6) is 0 Å². The highest BCUT2D eigenvalue weighted by Gasteiger charge is 2.04. The summed E-state index contributed by atoms with van der Waals surface area (Å²) in [6, 6.07) is 8.38. The van der Waals surface area contributed by atoms with Gasteiger partial charge in [-0.15, -0.1) is 6.58 Å². The highest BCUT2D eigenvalue weighted by Crippen LogP contribution is 2.23. The van der Waals surface area contributed by atoms with Crippen molar-refractivity contribution in [2.24, 2.45) is 5.92 Å². The second-order valence-corrected chi connectivity index (χ2v) is 3.84. The van der Waals surface area contributed by atoms with E-state index in [0.29, 0.717) is 5.92 Å². The van der Waals surface area contributed by atoms with Crippen molar-refractivity contribution in [3.05, 3.63) is 54.6 Å². The molecule has 1 rings (SSSR count). The van der Waals surface area contributed by atoms with Crippen LogP contribution in [0.25, 0.3) is 5.57 Å². The Morgan fingerprint density at radius 3 is 2.64 bits per heavy atom. The smallest absolute Gasteiger partial charge is 0.0201 e. The fraction of sp³-hybridized carbons (Fsp3) is 0.286. The van der Waals surface area contributed by atoms with E-state index in [-0.39, 0.29) is 0 Å². The first-order valence-corrected chi connectivity index (χ1v) is 5.01. The lowest BCUT2D eigenvalue weighted by atomic mass is 9.94. The maximum atomic E-state index is 4.13. The van der Waals surface area contributed by atoms with Crippen LogP contribution in [0.1, 0.15) is 24.5 Å². The summed E-state index contributed by atoms with van der Waals surface area (Å²) < 4.78 is 0. The molecule has 1 atom stereocenters. The molecule has 1 unspecified atom stereocenters.